The minimum absolute atomic E-state index is 0.222. The maximum atomic E-state index is 13.6. The van der Waals surface area contributed by atoms with Crippen LogP contribution in [0.2, 0.25) is 0 Å². The van der Waals surface area contributed by atoms with Gasteiger partial charge in [0.05, 0.1) is 6.20 Å². The smallest absolute Gasteiger partial charge is 0.183 e. The molecule has 3 heterocycles. The van der Waals surface area contributed by atoms with Crippen LogP contribution in [0.25, 0.3) is 0 Å². The van der Waals surface area contributed by atoms with Gasteiger partial charge >= 0.3 is 0 Å². The van der Waals surface area contributed by atoms with Crippen LogP contribution >= 0.6 is 0 Å². The van der Waals surface area contributed by atoms with Gasteiger partial charge in [-0.15, -0.1) is 0 Å². The molecule has 0 aliphatic carbocycles. The van der Waals surface area contributed by atoms with Gasteiger partial charge in [-0.1, -0.05) is 30.7 Å². The molecule has 0 radical (unpaired) electrons. The second kappa shape index (κ2) is 11.6. The van der Waals surface area contributed by atoms with Crippen molar-refractivity contribution in [1.82, 2.24) is 24.8 Å². The van der Waals surface area contributed by atoms with Gasteiger partial charge < -0.3 is 10.2 Å². The number of anilines is 1. The predicted octanol–water partition coefficient (Wildman–Crippen LogP) is 4.22. The van der Waals surface area contributed by atoms with Crippen LogP contribution in [0.4, 0.5) is 10.2 Å². The molecule has 2 aromatic heterocycles. The van der Waals surface area contributed by atoms with Crippen molar-refractivity contribution >= 4 is 5.82 Å². The highest BCUT2D eigenvalue weighted by Gasteiger charge is 2.10. The highest BCUT2D eigenvalue weighted by molar-refractivity contribution is 5.35. The van der Waals surface area contributed by atoms with Gasteiger partial charge in [0.2, 0.25) is 0 Å². The highest BCUT2D eigenvalue weighted by atomic mass is 19.1. The second-order valence-electron chi connectivity index (χ2n) is 8.36. The molecule has 0 amide bonds. The van der Waals surface area contributed by atoms with Crippen molar-refractivity contribution in [2.75, 3.05) is 25.0 Å². The molecule has 1 fully saturated rings. The number of halogens is 1. The number of rotatable bonds is 10. The quantitative estimate of drug-likeness (QED) is 0.515. The summed E-state index contributed by atoms with van der Waals surface area (Å²) in [4.78, 5) is 19.4. The highest BCUT2D eigenvalue weighted by Crippen LogP contribution is 2.13. The van der Waals surface area contributed by atoms with E-state index >= 15 is 0 Å². The fraction of sp³-hybridized carbons (Fsp3) is 0.440. The van der Waals surface area contributed by atoms with E-state index in [1.807, 2.05) is 12.3 Å². The van der Waals surface area contributed by atoms with E-state index in [2.05, 4.69) is 49.4 Å². The van der Waals surface area contributed by atoms with E-state index in [4.69, 9.17) is 4.98 Å². The number of likely N-dealkylation sites (tertiary alicyclic amines) is 1. The summed E-state index contributed by atoms with van der Waals surface area (Å²) in [7, 11) is 0. The molecule has 1 saturated heterocycles. The minimum atomic E-state index is -0.445. The lowest BCUT2D eigenvalue weighted by Gasteiger charge is -2.26. The number of nitrogens with zero attached hydrogens (tertiary/aromatic N) is 5. The molecule has 0 unspecified atom stereocenters. The summed E-state index contributed by atoms with van der Waals surface area (Å²) >= 11 is 0. The number of piperidine rings is 1. The van der Waals surface area contributed by atoms with E-state index in [0.29, 0.717) is 6.54 Å². The van der Waals surface area contributed by atoms with Gasteiger partial charge in [-0.2, -0.15) is 0 Å². The summed E-state index contributed by atoms with van der Waals surface area (Å²) in [5.41, 5.74) is 3.43. The standard InChI is InChI=1S/C25H31FN6/c26-23-18-27-19-30-25(23)29-17-21-8-6-20(7-9-21)10-11-22-12-13-28-24(31-22)5-4-16-32-14-2-1-3-15-32/h6-9,12-13,18-19H,1-5,10-11,14-17H2,(H,27,29,30). The number of aryl methyl sites for hydroxylation is 3. The van der Waals surface area contributed by atoms with Crippen molar-refractivity contribution in [2.45, 2.75) is 51.5 Å². The van der Waals surface area contributed by atoms with E-state index in [-0.39, 0.29) is 5.82 Å². The summed E-state index contributed by atoms with van der Waals surface area (Å²) in [6, 6.07) is 10.4. The summed E-state index contributed by atoms with van der Waals surface area (Å²) in [5.74, 6) is 0.734. The summed E-state index contributed by atoms with van der Waals surface area (Å²) in [5, 5.41) is 3.00. The number of hydrogen-bond donors (Lipinski definition) is 1. The second-order valence-corrected chi connectivity index (χ2v) is 8.36. The lowest BCUT2D eigenvalue weighted by Crippen LogP contribution is -2.30. The van der Waals surface area contributed by atoms with Crippen molar-refractivity contribution < 1.29 is 4.39 Å². The van der Waals surface area contributed by atoms with Gasteiger partial charge in [-0.3, -0.25) is 0 Å². The fourth-order valence-corrected chi connectivity index (χ4v) is 4.07. The van der Waals surface area contributed by atoms with Gasteiger partial charge in [0, 0.05) is 24.9 Å². The van der Waals surface area contributed by atoms with Gasteiger partial charge in [0.25, 0.3) is 0 Å². The molecule has 7 heteroatoms. The Morgan fingerprint density at radius 3 is 2.53 bits per heavy atom. The van der Waals surface area contributed by atoms with Gasteiger partial charge in [-0.25, -0.2) is 24.3 Å². The van der Waals surface area contributed by atoms with Crippen molar-refractivity contribution in [3.05, 3.63) is 77.5 Å². The number of nitrogens with one attached hydrogen (secondary N) is 1. The Labute approximate surface area is 189 Å². The van der Waals surface area contributed by atoms with Gasteiger partial charge in [0.1, 0.15) is 12.2 Å². The largest absolute Gasteiger partial charge is 0.363 e. The summed E-state index contributed by atoms with van der Waals surface area (Å²) < 4.78 is 13.6. The molecular formula is C25H31FN6. The molecule has 0 bridgehead atoms. The maximum Gasteiger partial charge on any atom is 0.183 e. The zero-order chi connectivity index (χ0) is 22.0. The van der Waals surface area contributed by atoms with Crippen molar-refractivity contribution in [1.29, 1.82) is 0 Å². The van der Waals surface area contributed by atoms with Crippen LogP contribution in [-0.4, -0.2) is 44.5 Å². The molecule has 4 rings (SSSR count). The molecule has 1 N–H and O–H groups in total. The van der Waals surface area contributed by atoms with Crippen LogP contribution in [0.5, 0.6) is 0 Å². The zero-order valence-electron chi connectivity index (χ0n) is 18.5. The Morgan fingerprint density at radius 2 is 1.72 bits per heavy atom. The third-order valence-electron chi connectivity index (χ3n) is 5.91. The van der Waals surface area contributed by atoms with E-state index in [0.717, 1.165) is 55.5 Å². The number of hydrogen-bond acceptors (Lipinski definition) is 6. The normalized spacial score (nSPS) is 14.4. The first kappa shape index (κ1) is 22.3. The first-order valence-corrected chi connectivity index (χ1v) is 11.6. The van der Waals surface area contributed by atoms with Gasteiger partial charge in [-0.05, 0) is 68.9 Å². The monoisotopic (exact) mass is 434 g/mol. The van der Waals surface area contributed by atoms with E-state index in [1.54, 1.807) is 0 Å². The van der Waals surface area contributed by atoms with Crippen molar-refractivity contribution in [2.24, 2.45) is 0 Å². The van der Waals surface area contributed by atoms with Crippen LogP contribution in [-0.2, 0) is 25.8 Å². The van der Waals surface area contributed by atoms with E-state index in [1.165, 1.54) is 44.2 Å². The molecule has 0 spiro atoms. The zero-order valence-corrected chi connectivity index (χ0v) is 18.5. The molecule has 1 aliphatic heterocycles. The average Bonchev–Trinajstić information content (AvgIpc) is 2.84. The van der Waals surface area contributed by atoms with Crippen LogP contribution in [0.15, 0.2) is 49.1 Å². The summed E-state index contributed by atoms with van der Waals surface area (Å²) in [6.07, 6.45) is 12.3. The molecular weight excluding hydrogens is 403 g/mol. The molecule has 3 aromatic rings. The van der Waals surface area contributed by atoms with Crippen molar-refractivity contribution in [3.63, 3.8) is 0 Å². The molecule has 0 atom stereocenters. The Hall–Kier alpha value is -2.93. The SMILES string of the molecule is Fc1cncnc1NCc1ccc(CCc2ccnc(CCCN3CCCCC3)n2)cc1. The third-order valence-corrected chi connectivity index (χ3v) is 5.91. The molecule has 32 heavy (non-hydrogen) atoms. The lowest BCUT2D eigenvalue weighted by molar-refractivity contribution is 0.226. The Kier molecular flexibility index (Phi) is 8.09. The third kappa shape index (κ3) is 6.79. The minimum Gasteiger partial charge on any atom is -0.363 e. The number of benzene rings is 1. The molecule has 0 saturated carbocycles. The van der Waals surface area contributed by atoms with Gasteiger partial charge in [0.15, 0.2) is 11.6 Å². The average molecular weight is 435 g/mol. The Bertz CT molecular complexity index is 972. The maximum absolute atomic E-state index is 13.6. The Morgan fingerprint density at radius 1 is 0.906 bits per heavy atom. The molecule has 1 aliphatic rings. The topological polar surface area (TPSA) is 66.8 Å². The molecule has 6 nitrogen and oxygen atoms in total. The molecule has 168 valence electrons. The first-order chi connectivity index (χ1) is 15.8. The van der Waals surface area contributed by atoms with Crippen LogP contribution in [0.3, 0.4) is 0 Å². The summed E-state index contributed by atoms with van der Waals surface area (Å²) in [6.45, 7) is 4.15. The van der Waals surface area contributed by atoms with E-state index in [9.17, 15) is 4.39 Å². The number of aromatic nitrogens is 4. The predicted molar refractivity (Wildman–Crippen MR) is 124 cm³/mol. The van der Waals surface area contributed by atoms with E-state index < -0.39 is 5.82 Å². The van der Waals surface area contributed by atoms with Crippen molar-refractivity contribution in [3.8, 4) is 0 Å². The lowest BCUT2D eigenvalue weighted by atomic mass is 10.1. The molecule has 1 aromatic carbocycles. The van der Waals surface area contributed by atoms with Crippen LogP contribution in [0, 0.1) is 5.82 Å². The fourth-order valence-electron chi connectivity index (χ4n) is 4.07. The Balaban J connectivity index is 1.22. The van der Waals surface area contributed by atoms with Crippen LogP contribution < -0.4 is 5.32 Å². The first-order valence-electron chi connectivity index (χ1n) is 11.6. The van der Waals surface area contributed by atoms with Crippen LogP contribution in [0.1, 0.15) is 48.3 Å².